The van der Waals surface area contributed by atoms with Crippen molar-refractivity contribution in [1.82, 2.24) is 5.32 Å². The van der Waals surface area contributed by atoms with Crippen LogP contribution in [0.4, 0.5) is 10.5 Å². The first-order chi connectivity index (χ1) is 16.3. The van der Waals surface area contributed by atoms with E-state index in [1.165, 1.54) is 13.0 Å². The van der Waals surface area contributed by atoms with E-state index in [2.05, 4.69) is 38.7 Å². The van der Waals surface area contributed by atoms with Crippen LogP contribution in [0, 0.1) is 6.92 Å². The van der Waals surface area contributed by atoms with Crippen molar-refractivity contribution in [1.29, 1.82) is 0 Å². The van der Waals surface area contributed by atoms with E-state index in [1.807, 2.05) is 36.4 Å². The summed E-state index contributed by atoms with van der Waals surface area (Å²) < 4.78 is 6.07. The predicted octanol–water partition coefficient (Wildman–Crippen LogP) is 5.32. The maximum absolute atomic E-state index is 12.7. The van der Waals surface area contributed by atoms with E-state index in [4.69, 9.17) is 9.84 Å². The topological polar surface area (TPSA) is 105 Å². The van der Waals surface area contributed by atoms with Gasteiger partial charge in [-0.3, -0.25) is 14.9 Å². The van der Waals surface area contributed by atoms with Crippen molar-refractivity contribution in [3.63, 3.8) is 0 Å². The molecule has 174 valence electrons. The van der Waals surface area contributed by atoms with Gasteiger partial charge in [-0.05, 0) is 69.7 Å². The number of carbonyl (C=O) groups excluding carboxylic acids is 2. The molecule has 0 saturated carbocycles. The van der Waals surface area contributed by atoms with Gasteiger partial charge < -0.3 is 15.2 Å². The van der Waals surface area contributed by atoms with Gasteiger partial charge >= 0.3 is 12.1 Å². The number of carbonyl (C=O) groups is 3. The summed E-state index contributed by atoms with van der Waals surface area (Å²) in [6.45, 7) is 3.32. The van der Waals surface area contributed by atoms with Crippen LogP contribution in [-0.4, -0.2) is 35.7 Å². The van der Waals surface area contributed by atoms with Crippen LogP contribution in [0.2, 0.25) is 0 Å². The number of halogens is 1. The van der Waals surface area contributed by atoms with Crippen LogP contribution in [-0.2, 0) is 9.53 Å². The number of hydrogen-bond acceptors (Lipinski definition) is 4. The van der Waals surface area contributed by atoms with E-state index in [9.17, 15) is 14.4 Å². The molecular formula is C26H23BrN2O5. The monoisotopic (exact) mass is 522 g/mol. The van der Waals surface area contributed by atoms with E-state index < -0.39 is 24.0 Å². The first kappa shape index (κ1) is 23.5. The van der Waals surface area contributed by atoms with Crippen molar-refractivity contribution in [2.45, 2.75) is 25.8 Å². The third-order valence-electron chi connectivity index (χ3n) is 5.86. The van der Waals surface area contributed by atoms with Gasteiger partial charge in [0.2, 0.25) is 0 Å². The Morgan fingerprint density at radius 2 is 1.62 bits per heavy atom. The Balaban J connectivity index is 1.48. The molecular weight excluding hydrogens is 500 g/mol. The fourth-order valence-electron chi connectivity index (χ4n) is 4.06. The van der Waals surface area contributed by atoms with Crippen LogP contribution < -0.4 is 10.6 Å². The minimum Gasteiger partial charge on any atom is -0.480 e. The smallest absolute Gasteiger partial charge is 0.411 e. The third kappa shape index (κ3) is 4.68. The van der Waals surface area contributed by atoms with Crippen molar-refractivity contribution in [3.8, 4) is 11.1 Å². The molecule has 0 saturated heterocycles. The minimum atomic E-state index is -1.14. The van der Waals surface area contributed by atoms with Gasteiger partial charge in [-0.25, -0.2) is 4.79 Å². The number of rotatable bonds is 6. The molecule has 0 aliphatic heterocycles. The fourth-order valence-corrected chi connectivity index (χ4v) is 4.70. The molecule has 3 N–H and O–H groups in total. The van der Waals surface area contributed by atoms with Crippen LogP contribution in [0.3, 0.4) is 0 Å². The first-order valence-electron chi connectivity index (χ1n) is 10.7. The summed E-state index contributed by atoms with van der Waals surface area (Å²) >= 11 is 3.33. The summed E-state index contributed by atoms with van der Waals surface area (Å²) in [5, 5.41) is 14.1. The number of anilines is 1. The Bertz CT molecular complexity index is 1240. The van der Waals surface area contributed by atoms with E-state index in [-0.39, 0.29) is 18.1 Å². The Morgan fingerprint density at radius 3 is 2.21 bits per heavy atom. The van der Waals surface area contributed by atoms with Crippen molar-refractivity contribution >= 4 is 39.6 Å². The van der Waals surface area contributed by atoms with Crippen molar-refractivity contribution in [2.24, 2.45) is 0 Å². The Hall–Kier alpha value is -3.65. The molecule has 0 heterocycles. The highest BCUT2D eigenvalue weighted by molar-refractivity contribution is 9.10. The normalized spacial score (nSPS) is 12.9. The number of aliphatic carboxylic acids is 1. The molecule has 0 fully saturated rings. The molecule has 8 heteroatoms. The maximum Gasteiger partial charge on any atom is 0.411 e. The SMILES string of the molecule is Cc1cc(Br)c(C(=O)N[C@@H](C)C(=O)O)cc1NC(=O)OCC1c2ccccc2-c2ccccc21. The lowest BCUT2D eigenvalue weighted by Crippen LogP contribution is -2.38. The van der Waals surface area contributed by atoms with E-state index in [0.29, 0.717) is 15.7 Å². The second-order valence-electron chi connectivity index (χ2n) is 8.13. The van der Waals surface area contributed by atoms with E-state index in [1.54, 1.807) is 13.0 Å². The highest BCUT2D eigenvalue weighted by atomic mass is 79.9. The van der Waals surface area contributed by atoms with Gasteiger partial charge in [-0.1, -0.05) is 48.5 Å². The first-order valence-corrected chi connectivity index (χ1v) is 11.5. The van der Waals surface area contributed by atoms with Crippen LogP contribution in [0.25, 0.3) is 11.1 Å². The number of fused-ring (bicyclic) bond motifs is 3. The number of carboxylic acids is 1. The molecule has 0 radical (unpaired) electrons. The molecule has 1 aliphatic rings. The minimum absolute atomic E-state index is 0.0667. The van der Waals surface area contributed by atoms with Gasteiger partial charge in [-0.2, -0.15) is 0 Å². The van der Waals surface area contributed by atoms with Gasteiger partial charge in [-0.15, -0.1) is 0 Å². The van der Waals surface area contributed by atoms with Gasteiger partial charge in [0.25, 0.3) is 5.91 Å². The average Bonchev–Trinajstić information content (AvgIpc) is 3.13. The molecule has 0 unspecified atom stereocenters. The second-order valence-corrected chi connectivity index (χ2v) is 8.99. The average molecular weight is 523 g/mol. The number of carboxylic acid groups (broad SMARTS) is 1. The van der Waals surface area contributed by atoms with Gasteiger partial charge in [0, 0.05) is 16.1 Å². The van der Waals surface area contributed by atoms with Gasteiger partial charge in [0.15, 0.2) is 0 Å². The Morgan fingerprint density at radius 1 is 1.03 bits per heavy atom. The zero-order valence-electron chi connectivity index (χ0n) is 18.6. The predicted molar refractivity (Wildman–Crippen MR) is 132 cm³/mol. The summed E-state index contributed by atoms with van der Waals surface area (Å²) in [6.07, 6.45) is -0.641. The summed E-state index contributed by atoms with van der Waals surface area (Å²) in [5.41, 5.74) is 5.82. The highest BCUT2D eigenvalue weighted by Crippen LogP contribution is 2.44. The zero-order chi connectivity index (χ0) is 24.4. The van der Waals surface area contributed by atoms with Crippen molar-refractivity contribution in [2.75, 3.05) is 11.9 Å². The van der Waals surface area contributed by atoms with Gasteiger partial charge in [0.05, 0.1) is 5.56 Å². The maximum atomic E-state index is 12.7. The molecule has 0 bridgehead atoms. The number of benzene rings is 3. The van der Waals surface area contributed by atoms with Crippen LogP contribution in [0.5, 0.6) is 0 Å². The number of nitrogens with one attached hydrogen (secondary N) is 2. The molecule has 7 nitrogen and oxygen atoms in total. The number of amides is 2. The molecule has 34 heavy (non-hydrogen) atoms. The lowest BCUT2D eigenvalue weighted by molar-refractivity contribution is -0.138. The van der Waals surface area contributed by atoms with Gasteiger partial charge in [0.1, 0.15) is 12.6 Å². The molecule has 3 aromatic carbocycles. The van der Waals surface area contributed by atoms with E-state index in [0.717, 1.165) is 22.3 Å². The largest absolute Gasteiger partial charge is 0.480 e. The van der Waals surface area contributed by atoms with Crippen LogP contribution in [0.15, 0.2) is 65.1 Å². The second kappa shape index (κ2) is 9.69. The number of aryl methyl sites for hydroxylation is 1. The zero-order valence-corrected chi connectivity index (χ0v) is 20.2. The molecule has 1 aliphatic carbocycles. The van der Waals surface area contributed by atoms with Crippen molar-refractivity contribution < 1.29 is 24.2 Å². The Kier molecular flexibility index (Phi) is 6.70. The molecule has 0 aromatic heterocycles. The molecule has 3 aromatic rings. The molecule has 4 rings (SSSR count). The fraction of sp³-hybridized carbons (Fsp3) is 0.192. The summed E-state index contributed by atoms with van der Waals surface area (Å²) in [4.78, 5) is 36.2. The highest BCUT2D eigenvalue weighted by Gasteiger charge is 2.29. The standard InChI is InChI=1S/C26H23BrN2O5/c1-14-11-22(27)20(24(30)28-15(2)25(31)32)12-23(14)29-26(33)34-13-21-18-9-5-3-7-16(18)17-8-4-6-10-19(17)21/h3-12,15,21H,13H2,1-2H3,(H,28,30)(H,29,33)(H,31,32)/t15-/m0/s1. The summed E-state index contributed by atoms with van der Waals surface area (Å²) in [5.74, 6) is -1.78. The van der Waals surface area contributed by atoms with Crippen molar-refractivity contribution in [3.05, 3.63) is 87.4 Å². The Labute approximate surface area is 205 Å². The van der Waals surface area contributed by atoms with Crippen LogP contribution in [0.1, 0.15) is 39.9 Å². The lowest BCUT2D eigenvalue weighted by atomic mass is 9.98. The lowest BCUT2D eigenvalue weighted by Gasteiger charge is -2.16. The molecule has 0 spiro atoms. The molecule has 2 amide bonds. The number of ether oxygens (including phenoxy) is 1. The quantitative estimate of drug-likeness (QED) is 0.406. The van der Waals surface area contributed by atoms with Crippen LogP contribution >= 0.6 is 15.9 Å². The number of hydrogen-bond donors (Lipinski definition) is 3. The summed E-state index contributed by atoms with van der Waals surface area (Å²) in [7, 11) is 0. The summed E-state index contributed by atoms with van der Waals surface area (Å²) in [6, 6.07) is 18.3. The van der Waals surface area contributed by atoms with E-state index >= 15 is 0 Å². The third-order valence-corrected chi connectivity index (χ3v) is 6.51. The molecule has 1 atom stereocenters.